The number of ether oxygens (including phenoxy) is 2. The lowest BCUT2D eigenvalue weighted by Crippen LogP contribution is -2.13. The van der Waals surface area contributed by atoms with Gasteiger partial charge in [-0.3, -0.25) is 4.79 Å². The van der Waals surface area contributed by atoms with Crippen molar-refractivity contribution in [1.82, 2.24) is 5.16 Å². The zero-order valence-corrected chi connectivity index (χ0v) is 18.9. The summed E-state index contributed by atoms with van der Waals surface area (Å²) in [6, 6.07) is 13.2. The Bertz CT molecular complexity index is 1260. The van der Waals surface area contributed by atoms with Crippen LogP contribution in [0.5, 0.6) is 11.5 Å². The fourth-order valence-corrected chi connectivity index (χ4v) is 3.06. The number of nitrogens with zero attached hydrogens (tertiary/aromatic N) is 2. The molecule has 0 fully saturated rings. The monoisotopic (exact) mass is 465 g/mol. The summed E-state index contributed by atoms with van der Waals surface area (Å²) in [5, 5.41) is 15.7. The van der Waals surface area contributed by atoms with Crippen LogP contribution in [0.15, 0.2) is 52.6 Å². The van der Waals surface area contributed by atoms with Gasteiger partial charge in [0.1, 0.15) is 17.4 Å². The van der Waals surface area contributed by atoms with Crippen LogP contribution < -0.4 is 14.8 Å². The zero-order chi connectivity index (χ0) is 24.0. The molecule has 0 radical (unpaired) electrons. The number of esters is 1. The number of amides is 1. The highest BCUT2D eigenvalue weighted by molar-refractivity contribution is 6.32. The smallest absolute Gasteiger partial charge is 0.343 e. The highest BCUT2D eigenvalue weighted by Gasteiger charge is 2.19. The molecule has 2 aromatic carbocycles. The number of carbonyl (C=O) groups excluding carboxylic acids is 2. The maximum Gasteiger partial charge on any atom is 0.343 e. The Morgan fingerprint density at radius 3 is 2.55 bits per heavy atom. The van der Waals surface area contributed by atoms with Crippen molar-refractivity contribution in [2.75, 3.05) is 11.9 Å². The molecule has 0 aliphatic rings. The Morgan fingerprint density at radius 2 is 1.94 bits per heavy atom. The predicted octanol–water partition coefficient (Wildman–Crippen LogP) is 5.11. The van der Waals surface area contributed by atoms with Crippen LogP contribution in [0.4, 0.5) is 5.82 Å². The summed E-state index contributed by atoms with van der Waals surface area (Å²) < 4.78 is 16.0. The SMILES string of the molecule is CCOc1cc(/C=C(/C#N)C(=O)Nc2cc(C)on2)cc(Cl)c1OC(=O)c1ccc(C)cc1. The second-order valence-electron chi connectivity index (χ2n) is 6.97. The van der Waals surface area contributed by atoms with Crippen molar-refractivity contribution in [2.24, 2.45) is 0 Å². The Kier molecular flexibility index (Phi) is 7.49. The van der Waals surface area contributed by atoms with Crippen LogP contribution in [-0.2, 0) is 4.79 Å². The van der Waals surface area contributed by atoms with Crippen LogP contribution in [0.1, 0.15) is 34.2 Å². The Labute approximate surface area is 195 Å². The Hall–Kier alpha value is -4.09. The predicted molar refractivity (Wildman–Crippen MR) is 122 cm³/mol. The second kappa shape index (κ2) is 10.5. The highest BCUT2D eigenvalue weighted by Crippen LogP contribution is 2.38. The van der Waals surface area contributed by atoms with E-state index in [0.29, 0.717) is 16.9 Å². The molecule has 0 saturated heterocycles. The molecule has 1 N–H and O–H groups in total. The summed E-state index contributed by atoms with van der Waals surface area (Å²) in [7, 11) is 0. The number of rotatable bonds is 7. The van der Waals surface area contributed by atoms with Gasteiger partial charge in [0.05, 0.1) is 17.2 Å². The number of hydrogen-bond acceptors (Lipinski definition) is 7. The van der Waals surface area contributed by atoms with Gasteiger partial charge in [0.2, 0.25) is 0 Å². The van der Waals surface area contributed by atoms with E-state index in [1.807, 2.05) is 13.0 Å². The van der Waals surface area contributed by atoms with Gasteiger partial charge in [0.25, 0.3) is 5.91 Å². The van der Waals surface area contributed by atoms with Crippen LogP contribution in [0.2, 0.25) is 5.02 Å². The maximum absolute atomic E-state index is 12.5. The second-order valence-corrected chi connectivity index (χ2v) is 7.37. The average molecular weight is 466 g/mol. The van der Waals surface area contributed by atoms with Crippen LogP contribution in [0.25, 0.3) is 6.08 Å². The lowest BCUT2D eigenvalue weighted by Gasteiger charge is -2.13. The van der Waals surface area contributed by atoms with Crippen molar-refractivity contribution in [3.63, 3.8) is 0 Å². The van der Waals surface area contributed by atoms with Crippen LogP contribution in [0.3, 0.4) is 0 Å². The van der Waals surface area contributed by atoms with Gasteiger partial charge in [0, 0.05) is 6.07 Å². The van der Waals surface area contributed by atoms with Crippen molar-refractivity contribution in [3.8, 4) is 17.6 Å². The fraction of sp³-hybridized carbons (Fsp3) is 0.167. The zero-order valence-electron chi connectivity index (χ0n) is 18.1. The van der Waals surface area contributed by atoms with Crippen LogP contribution >= 0.6 is 11.6 Å². The van der Waals surface area contributed by atoms with E-state index in [2.05, 4.69) is 10.5 Å². The average Bonchev–Trinajstić information content (AvgIpc) is 3.19. The fourth-order valence-electron chi connectivity index (χ4n) is 2.80. The normalized spacial score (nSPS) is 10.9. The third-order valence-corrected chi connectivity index (χ3v) is 4.64. The molecular weight excluding hydrogens is 446 g/mol. The number of halogens is 1. The molecule has 9 heteroatoms. The minimum Gasteiger partial charge on any atom is -0.490 e. The molecule has 0 bridgehead atoms. The molecule has 0 aliphatic carbocycles. The van der Waals surface area contributed by atoms with Gasteiger partial charge in [-0.05, 0) is 56.7 Å². The third-order valence-electron chi connectivity index (χ3n) is 4.36. The summed E-state index contributed by atoms with van der Waals surface area (Å²) in [5.41, 5.74) is 1.57. The van der Waals surface area contributed by atoms with E-state index in [0.717, 1.165) is 5.56 Å². The molecule has 33 heavy (non-hydrogen) atoms. The lowest BCUT2D eigenvalue weighted by molar-refractivity contribution is -0.112. The minimum atomic E-state index is -0.672. The number of nitrogens with one attached hydrogen (secondary N) is 1. The molecular formula is C24H20ClN3O5. The van der Waals surface area contributed by atoms with E-state index in [1.54, 1.807) is 38.1 Å². The molecule has 1 amide bonds. The van der Waals surface area contributed by atoms with Gasteiger partial charge < -0.3 is 19.3 Å². The van der Waals surface area contributed by atoms with Crippen molar-refractivity contribution >= 4 is 35.4 Å². The van der Waals surface area contributed by atoms with E-state index in [-0.39, 0.29) is 34.5 Å². The van der Waals surface area contributed by atoms with Crippen LogP contribution in [0, 0.1) is 25.2 Å². The first-order valence-electron chi connectivity index (χ1n) is 9.92. The Balaban J connectivity index is 1.88. The quantitative estimate of drug-likeness (QED) is 0.223. The highest BCUT2D eigenvalue weighted by atomic mass is 35.5. The molecule has 3 aromatic rings. The van der Waals surface area contributed by atoms with Gasteiger partial charge in [0.15, 0.2) is 17.3 Å². The number of anilines is 1. The lowest BCUT2D eigenvalue weighted by atomic mass is 10.1. The summed E-state index contributed by atoms with van der Waals surface area (Å²) in [4.78, 5) is 25.0. The van der Waals surface area contributed by atoms with E-state index >= 15 is 0 Å². The number of nitriles is 1. The molecule has 3 rings (SSSR count). The van der Waals surface area contributed by atoms with E-state index in [4.69, 9.17) is 25.6 Å². The molecule has 0 aliphatic heterocycles. The summed E-state index contributed by atoms with van der Waals surface area (Å²) in [5.74, 6) is -0.332. The molecule has 0 spiro atoms. The van der Waals surface area contributed by atoms with Gasteiger partial charge in [-0.15, -0.1) is 0 Å². The van der Waals surface area contributed by atoms with Crippen molar-refractivity contribution in [2.45, 2.75) is 20.8 Å². The van der Waals surface area contributed by atoms with Gasteiger partial charge in [-0.2, -0.15) is 5.26 Å². The largest absolute Gasteiger partial charge is 0.490 e. The maximum atomic E-state index is 12.5. The summed E-state index contributed by atoms with van der Waals surface area (Å²) >= 11 is 6.37. The number of benzene rings is 2. The topological polar surface area (TPSA) is 114 Å². The first-order valence-corrected chi connectivity index (χ1v) is 10.3. The van der Waals surface area contributed by atoms with E-state index in [1.165, 1.54) is 24.3 Å². The van der Waals surface area contributed by atoms with E-state index < -0.39 is 11.9 Å². The first kappa shape index (κ1) is 23.6. The first-order chi connectivity index (χ1) is 15.8. The third kappa shape index (κ3) is 5.99. The number of aryl methyl sites for hydroxylation is 2. The minimum absolute atomic E-state index is 0.0438. The number of aromatic nitrogens is 1. The number of carbonyl (C=O) groups is 2. The molecule has 8 nitrogen and oxygen atoms in total. The van der Waals surface area contributed by atoms with Gasteiger partial charge >= 0.3 is 5.97 Å². The van der Waals surface area contributed by atoms with Crippen LogP contribution in [-0.4, -0.2) is 23.6 Å². The molecule has 1 aromatic heterocycles. The molecule has 168 valence electrons. The van der Waals surface area contributed by atoms with Gasteiger partial charge in [-0.1, -0.05) is 34.5 Å². The molecule has 0 atom stereocenters. The molecule has 0 unspecified atom stereocenters. The van der Waals surface area contributed by atoms with Gasteiger partial charge in [-0.25, -0.2) is 4.79 Å². The van der Waals surface area contributed by atoms with E-state index in [9.17, 15) is 14.9 Å². The standard InChI is InChI=1S/C24H20ClN3O5/c1-4-31-20-12-16(10-18(13-26)23(29)27-21-9-15(3)33-28-21)11-19(25)22(20)32-24(30)17-7-5-14(2)6-8-17/h5-12H,4H2,1-3H3,(H,27,28,29)/b18-10-. The van der Waals surface area contributed by atoms with Crippen molar-refractivity contribution in [1.29, 1.82) is 5.26 Å². The Morgan fingerprint density at radius 1 is 1.21 bits per heavy atom. The molecule has 1 heterocycles. The summed E-state index contributed by atoms with van der Waals surface area (Å²) in [6.45, 7) is 5.62. The van der Waals surface area contributed by atoms with Crippen molar-refractivity contribution in [3.05, 3.63) is 75.5 Å². The van der Waals surface area contributed by atoms with Crippen molar-refractivity contribution < 1.29 is 23.6 Å². The number of hydrogen-bond donors (Lipinski definition) is 1. The molecule has 0 saturated carbocycles. The summed E-state index contributed by atoms with van der Waals surface area (Å²) in [6.07, 6.45) is 1.34.